The molecule has 0 aliphatic heterocycles. The van der Waals surface area contributed by atoms with Gasteiger partial charge in [0.25, 0.3) is 0 Å². The summed E-state index contributed by atoms with van der Waals surface area (Å²) < 4.78 is 5.88. The quantitative estimate of drug-likeness (QED) is 0.502. The lowest BCUT2D eigenvalue weighted by Crippen LogP contribution is -2.02. The molecule has 0 amide bonds. The number of anilines is 1. The zero-order chi connectivity index (χ0) is 17.3. The Hall–Kier alpha value is -2.55. The van der Waals surface area contributed by atoms with Crippen LogP contribution < -0.4 is 10.1 Å². The largest absolute Gasteiger partial charge is 0.494 e. The Balaban J connectivity index is 1.58. The van der Waals surface area contributed by atoms with Crippen molar-refractivity contribution in [3.8, 4) is 5.75 Å². The third-order valence-electron chi connectivity index (χ3n) is 4.30. The number of rotatable bonds is 9. The Morgan fingerprint density at radius 3 is 2.80 bits per heavy atom. The van der Waals surface area contributed by atoms with E-state index in [1.807, 2.05) is 36.5 Å². The first-order valence-corrected chi connectivity index (χ1v) is 9.16. The molecule has 0 bridgehead atoms. The van der Waals surface area contributed by atoms with Gasteiger partial charge in [0.1, 0.15) is 5.75 Å². The second-order valence-corrected chi connectivity index (χ2v) is 6.29. The Labute approximate surface area is 150 Å². The smallest absolute Gasteiger partial charge is 0.119 e. The van der Waals surface area contributed by atoms with E-state index in [-0.39, 0.29) is 0 Å². The topological polar surface area (TPSA) is 34.1 Å². The molecule has 0 aliphatic rings. The molecule has 3 rings (SSSR count). The maximum absolute atomic E-state index is 5.88. The van der Waals surface area contributed by atoms with E-state index >= 15 is 0 Å². The van der Waals surface area contributed by atoms with E-state index < -0.39 is 0 Å². The second kappa shape index (κ2) is 9.07. The van der Waals surface area contributed by atoms with Crippen LogP contribution in [-0.4, -0.2) is 11.6 Å². The summed E-state index contributed by atoms with van der Waals surface area (Å²) in [6.07, 6.45) is 6.75. The molecule has 0 unspecified atom stereocenters. The van der Waals surface area contributed by atoms with E-state index in [9.17, 15) is 0 Å². The molecule has 0 saturated carbocycles. The van der Waals surface area contributed by atoms with E-state index in [0.29, 0.717) is 0 Å². The van der Waals surface area contributed by atoms with E-state index in [4.69, 9.17) is 4.74 Å². The molecule has 0 radical (unpaired) electrons. The molecule has 3 aromatic rings. The highest BCUT2D eigenvalue weighted by Gasteiger charge is 2.02. The van der Waals surface area contributed by atoms with Crippen LogP contribution in [0, 0.1) is 0 Å². The highest BCUT2D eigenvalue weighted by atomic mass is 16.5. The fourth-order valence-electron chi connectivity index (χ4n) is 2.91. The van der Waals surface area contributed by atoms with Gasteiger partial charge in [0.05, 0.1) is 12.1 Å². The average Bonchev–Trinajstić information content (AvgIpc) is 2.66. The summed E-state index contributed by atoms with van der Waals surface area (Å²) in [5, 5.41) is 4.67. The molecule has 130 valence electrons. The molecule has 0 atom stereocenters. The number of para-hydroxylation sites is 1. The van der Waals surface area contributed by atoms with Crippen molar-refractivity contribution in [2.75, 3.05) is 11.9 Å². The van der Waals surface area contributed by atoms with Gasteiger partial charge in [-0.05, 0) is 36.2 Å². The van der Waals surface area contributed by atoms with Gasteiger partial charge in [0, 0.05) is 23.8 Å². The van der Waals surface area contributed by atoms with Crippen LogP contribution in [0.2, 0.25) is 0 Å². The third kappa shape index (κ3) is 4.96. The highest BCUT2D eigenvalue weighted by Crippen LogP contribution is 2.22. The molecular formula is C22H26N2O. The number of nitrogens with zero attached hydrogens (tertiary/aromatic N) is 1. The van der Waals surface area contributed by atoms with Gasteiger partial charge in [0.15, 0.2) is 0 Å². The van der Waals surface area contributed by atoms with Crippen LogP contribution in [0.1, 0.15) is 38.2 Å². The van der Waals surface area contributed by atoms with Crippen LogP contribution in [0.25, 0.3) is 10.9 Å². The van der Waals surface area contributed by atoms with Crippen LogP contribution in [0.4, 0.5) is 5.69 Å². The van der Waals surface area contributed by atoms with Crippen molar-refractivity contribution in [2.24, 2.45) is 0 Å². The molecule has 1 aromatic heterocycles. The summed E-state index contributed by atoms with van der Waals surface area (Å²) >= 11 is 0. The lowest BCUT2D eigenvalue weighted by Gasteiger charge is -2.11. The van der Waals surface area contributed by atoms with Crippen molar-refractivity contribution in [3.05, 3.63) is 66.4 Å². The molecule has 2 aromatic carbocycles. The number of ether oxygens (including phenoxy) is 1. The van der Waals surface area contributed by atoms with Gasteiger partial charge in [0.2, 0.25) is 0 Å². The fraction of sp³-hybridized carbons (Fsp3) is 0.318. The minimum atomic E-state index is 0.765. The van der Waals surface area contributed by atoms with Crippen LogP contribution in [0.5, 0.6) is 5.75 Å². The molecule has 25 heavy (non-hydrogen) atoms. The van der Waals surface area contributed by atoms with Gasteiger partial charge in [-0.1, -0.05) is 56.5 Å². The third-order valence-corrected chi connectivity index (χ3v) is 4.30. The average molecular weight is 334 g/mol. The Kier molecular flexibility index (Phi) is 6.27. The first-order chi connectivity index (χ1) is 12.4. The Morgan fingerprint density at radius 1 is 0.960 bits per heavy atom. The number of hydrogen-bond acceptors (Lipinski definition) is 3. The van der Waals surface area contributed by atoms with Gasteiger partial charge < -0.3 is 10.1 Å². The minimum absolute atomic E-state index is 0.765. The number of fused-ring (bicyclic) bond motifs is 1. The van der Waals surface area contributed by atoms with Crippen molar-refractivity contribution in [1.82, 2.24) is 4.98 Å². The first kappa shape index (κ1) is 17.3. The van der Waals surface area contributed by atoms with Crippen molar-refractivity contribution in [1.29, 1.82) is 0 Å². The fourth-order valence-corrected chi connectivity index (χ4v) is 2.91. The van der Waals surface area contributed by atoms with Crippen molar-refractivity contribution in [2.45, 2.75) is 39.2 Å². The van der Waals surface area contributed by atoms with Crippen LogP contribution in [0.3, 0.4) is 0 Å². The predicted molar refractivity (Wildman–Crippen MR) is 105 cm³/mol. The van der Waals surface area contributed by atoms with Crippen molar-refractivity contribution >= 4 is 16.6 Å². The first-order valence-electron chi connectivity index (χ1n) is 9.16. The van der Waals surface area contributed by atoms with Crippen LogP contribution >= 0.6 is 0 Å². The van der Waals surface area contributed by atoms with Gasteiger partial charge >= 0.3 is 0 Å². The van der Waals surface area contributed by atoms with Gasteiger partial charge in [-0.25, -0.2) is 0 Å². The molecule has 3 nitrogen and oxygen atoms in total. The second-order valence-electron chi connectivity index (χ2n) is 6.29. The standard InChI is InChI=1S/C22H26N2O/c1-2-3-4-7-15-25-19-10-8-9-18(16-19)17-24-22-13-14-23-21-12-6-5-11-20(21)22/h5-6,8-14,16H,2-4,7,15,17H2,1H3,(H,23,24). The summed E-state index contributed by atoms with van der Waals surface area (Å²) in [5.41, 5.74) is 3.33. The zero-order valence-corrected chi connectivity index (χ0v) is 14.9. The summed E-state index contributed by atoms with van der Waals surface area (Å²) in [6, 6.07) is 18.6. The van der Waals surface area contributed by atoms with Crippen molar-refractivity contribution in [3.63, 3.8) is 0 Å². The van der Waals surface area contributed by atoms with E-state index in [2.05, 4.69) is 41.5 Å². The molecule has 0 spiro atoms. The van der Waals surface area contributed by atoms with Gasteiger partial charge in [-0.15, -0.1) is 0 Å². The number of pyridine rings is 1. The minimum Gasteiger partial charge on any atom is -0.494 e. The lowest BCUT2D eigenvalue weighted by molar-refractivity contribution is 0.305. The number of aromatic nitrogens is 1. The molecule has 0 aliphatic carbocycles. The lowest BCUT2D eigenvalue weighted by atomic mass is 10.1. The zero-order valence-electron chi connectivity index (χ0n) is 14.9. The summed E-state index contributed by atoms with van der Waals surface area (Å²) in [7, 11) is 0. The normalized spacial score (nSPS) is 10.8. The summed E-state index contributed by atoms with van der Waals surface area (Å²) in [5.74, 6) is 0.954. The maximum atomic E-state index is 5.88. The molecule has 0 saturated heterocycles. The number of benzene rings is 2. The molecule has 0 fully saturated rings. The van der Waals surface area contributed by atoms with Crippen LogP contribution in [-0.2, 0) is 6.54 Å². The predicted octanol–water partition coefficient (Wildman–Crippen LogP) is 5.81. The monoisotopic (exact) mass is 334 g/mol. The molecule has 1 N–H and O–H groups in total. The summed E-state index contributed by atoms with van der Waals surface area (Å²) in [6.45, 7) is 3.79. The van der Waals surface area contributed by atoms with Gasteiger partial charge in [-0.3, -0.25) is 4.98 Å². The maximum Gasteiger partial charge on any atom is 0.119 e. The number of hydrogen-bond donors (Lipinski definition) is 1. The van der Waals surface area contributed by atoms with Crippen LogP contribution in [0.15, 0.2) is 60.8 Å². The SMILES string of the molecule is CCCCCCOc1cccc(CNc2ccnc3ccccc23)c1. The molecule has 3 heteroatoms. The number of nitrogens with one attached hydrogen (secondary N) is 1. The van der Waals surface area contributed by atoms with Crippen molar-refractivity contribution < 1.29 is 4.74 Å². The Bertz CT molecular complexity index is 795. The van der Waals surface area contributed by atoms with E-state index in [1.165, 1.54) is 24.8 Å². The molecular weight excluding hydrogens is 308 g/mol. The summed E-state index contributed by atoms with van der Waals surface area (Å²) in [4.78, 5) is 4.41. The van der Waals surface area contributed by atoms with E-state index in [1.54, 1.807) is 0 Å². The highest BCUT2D eigenvalue weighted by molar-refractivity contribution is 5.90. The molecule has 1 heterocycles. The number of unbranched alkanes of at least 4 members (excludes halogenated alkanes) is 3. The van der Waals surface area contributed by atoms with E-state index in [0.717, 1.165) is 41.9 Å². The van der Waals surface area contributed by atoms with Gasteiger partial charge in [-0.2, -0.15) is 0 Å². The Morgan fingerprint density at radius 2 is 1.88 bits per heavy atom.